The van der Waals surface area contributed by atoms with Crippen LogP contribution in [0.1, 0.15) is 33.4 Å². The number of rotatable bonds is 1. The molecule has 2 aromatic carbocycles. The van der Waals surface area contributed by atoms with E-state index in [-0.39, 0.29) is 11.3 Å². The number of carbonyl (C=O) groups is 2. The molecule has 1 aliphatic carbocycles. The van der Waals surface area contributed by atoms with Gasteiger partial charge in [-0.05, 0) is 18.2 Å². The summed E-state index contributed by atoms with van der Waals surface area (Å²) in [5.41, 5.74) is 3.33. The van der Waals surface area contributed by atoms with Gasteiger partial charge in [-0.2, -0.15) is 0 Å². The zero-order chi connectivity index (χ0) is 19.4. The van der Waals surface area contributed by atoms with E-state index in [9.17, 15) is 14.7 Å². The van der Waals surface area contributed by atoms with E-state index < -0.39 is 17.9 Å². The highest BCUT2D eigenvalue weighted by Gasteiger charge is 2.34. The van der Waals surface area contributed by atoms with Gasteiger partial charge in [-0.25, -0.2) is 4.79 Å². The second kappa shape index (κ2) is 5.94. The first-order valence-electron chi connectivity index (χ1n) is 8.84. The molecule has 4 aromatic rings. The van der Waals surface area contributed by atoms with Gasteiger partial charge >= 0.3 is 5.97 Å². The number of nitrogens with one attached hydrogen (secondary N) is 2. The zero-order valence-corrected chi connectivity index (χ0v) is 14.9. The van der Waals surface area contributed by atoms with Gasteiger partial charge in [0.05, 0.1) is 24.1 Å². The number of aliphatic hydroxyl groups excluding tert-OH is 1. The molecule has 5 rings (SSSR count). The molecule has 0 fully saturated rings. The van der Waals surface area contributed by atoms with Gasteiger partial charge in [0, 0.05) is 32.9 Å². The van der Waals surface area contributed by atoms with E-state index in [1.165, 1.54) is 7.11 Å². The van der Waals surface area contributed by atoms with Crippen LogP contribution in [-0.4, -0.2) is 33.9 Å². The van der Waals surface area contributed by atoms with Gasteiger partial charge in [0.2, 0.25) is 5.78 Å². The molecule has 0 saturated heterocycles. The topological polar surface area (TPSA) is 95.2 Å². The van der Waals surface area contributed by atoms with Crippen molar-refractivity contribution in [3.63, 3.8) is 0 Å². The number of aliphatic hydroxyl groups is 1. The van der Waals surface area contributed by atoms with Gasteiger partial charge in [0.15, 0.2) is 0 Å². The number of esters is 1. The van der Waals surface area contributed by atoms with Gasteiger partial charge in [0.1, 0.15) is 6.10 Å². The Morgan fingerprint density at radius 1 is 0.964 bits per heavy atom. The average Bonchev–Trinajstić information content (AvgIpc) is 3.28. The fourth-order valence-corrected chi connectivity index (χ4v) is 3.92. The van der Waals surface area contributed by atoms with Crippen LogP contribution >= 0.6 is 0 Å². The minimum absolute atomic E-state index is 0.256. The van der Waals surface area contributed by atoms with Crippen LogP contribution in [0.25, 0.3) is 33.5 Å². The van der Waals surface area contributed by atoms with Crippen LogP contribution in [0, 0.1) is 0 Å². The maximum absolute atomic E-state index is 13.2. The lowest BCUT2D eigenvalue weighted by molar-refractivity contribution is -0.133. The van der Waals surface area contributed by atoms with Gasteiger partial charge in [0.25, 0.3) is 0 Å². The molecule has 2 aromatic heterocycles. The SMILES string of the molecule is COC(=O)/C1=C/c2c([nH]c3ccccc23)C(=O)[C@@H](O)c2c1[nH]c1ccccc21. The molecule has 1 aliphatic rings. The molecule has 6 nitrogen and oxygen atoms in total. The largest absolute Gasteiger partial charge is 0.465 e. The van der Waals surface area contributed by atoms with Crippen LogP contribution in [0.2, 0.25) is 0 Å². The molecule has 138 valence electrons. The van der Waals surface area contributed by atoms with Gasteiger partial charge in [-0.1, -0.05) is 36.4 Å². The molecule has 0 aliphatic heterocycles. The Morgan fingerprint density at radius 3 is 2.29 bits per heavy atom. The number of hydrogen-bond acceptors (Lipinski definition) is 4. The van der Waals surface area contributed by atoms with Crippen molar-refractivity contribution in [1.82, 2.24) is 9.97 Å². The lowest BCUT2D eigenvalue weighted by Gasteiger charge is -2.16. The first-order chi connectivity index (χ1) is 13.6. The van der Waals surface area contributed by atoms with E-state index in [1.807, 2.05) is 48.5 Å². The minimum Gasteiger partial charge on any atom is -0.465 e. The normalized spacial score (nSPS) is 18.1. The lowest BCUT2D eigenvalue weighted by atomic mass is 9.91. The van der Waals surface area contributed by atoms with Crippen LogP contribution < -0.4 is 0 Å². The van der Waals surface area contributed by atoms with E-state index in [2.05, 4.69) is 9.97 Å². The second-order valence-electron chi connectivity index (χ2n) is 6.73. The highest BCUT2D eigenvalue weighted by atomic mass is 16.5. The number of para-hydroxylation sites is 2. The molecule has 0 bridgehead atoms. The van der Waals surface area contributed by atoms with E-state index in [0.717, 1.165) is 16.4 Å². The fraction of sp³-hybridized carbons (Fsp3) is 0.0909. The Hall–Kier alpha value is -3.64. The first kappa shape index (κ1) is 16.5. The smallest absolute Gasteiger partial charge is 0.340 e. The maximum atomic E-state index is 13.2. The summed E-state index contributed by atoms with van der Waals surface area (Å²) in [6, 6.07) is 14.7. The van der Waals surface area contributed by atoms with Crippen LogP contribution in [0.5, 0.6) is 0 Å². The highest BCUT2D eigenvalue weighted by Crippen LogP contribution is 2.39. The van der Waals surface area contributed by atoms with Crippen molar-refractivity contribution in [2.24, 2.45) is 0 Å². The summed E-state index contributed by atoms with van der Waals surface area (Å²) < 4.78 is 5.00. The van der Waals surface area contributed by atoms with Crippen molar-refractivity contribution >= 4 is 45.2 Å². The number of ether oxygens (including phenoxy) is 1. The summed E-state index contributed by atoms with van der Waals surface area (Å²) in [5.74, 6) is -0.997. The first-order valence-corrected chi connectivity index (χ1v) is 8.84. The molecule has 0 unspecified atom stereocenters. The predicted molar refractivity (Wildman–Crippen MR) is 106 cm³/mol. The van der Waals surface area contributed by atoms with E-state index >= 15 is 0 Å². The number of Topliss-reactive ketones (excluding diaryl/α,β-unsaturated/α-hetero) is 1. The van der Waals surface area contributed by atoms with Gasteiger partial charge in [-0.15, -0.1) is 0 Å². The molecule has 3 N–H and O–H groups in total. The molecule has 0 radical (unpaired) electrons. The Kier molecular flexibility index (Phi) is 3.50. The maximum Gasteiger partial charge on any atom is 0.340 e. The van der Waals surface area contributed by atoms with Crippen LogP contribution in [-0.2, 0) is 9.53 Å². The molecule has 28 heavy (non-hydrogen) atoms. The summed E-state index contributed by atoms with van der Waals surface area (Å²) in [5, 5.41) is 12.5. The van der Waals surface area contributed by atoms with Crippen molar-refractivity contribution in [2.75, 3.05) is 7.11 Å². The summed E-state index contributed by atoms with van der Waals surface area (Å²) in [6.07, 6.45) is 0.226. The Labute approximate surface area is 159 Å². The molecular weight excluding hydrogens is 356 g/mol. The Balaban J connectivity index is 1.92. The van der Waals surface area contributed by atoms with E-state index in [1.54, 1.807) is 6.08 Å². The number of aromatic nitrogens is 2. The summed E-state index contributed by atoms with van der Waals surface area (Å²) in [7, 11) is 1.31. The number of H-pyrrole nitrogens is 2. The quantitative estimate of drug-likeness (QED) is 0.445. The summed E-state index contributed by atoms with van der Waals surface area (Å²) in [4.78, 5) is 32.1. The summed E-state index contributed by atoms with van der Waals surface area (Å²) in [6.45, 7) is 0. The Morgan fingerprint density at radius 2 is 1.57 bits per heavy atom. The van der Waals surface area contributed by atoms with Crippen molar-refractivity contribution < 1.29 is 19.4 Å². The molecule has 2 heterocycles. The minimum atomic E-state index is -1.42. The zero-order valence-electron chi connectivity index (χ0n) is 14.9. The number of hydrogen-bond donors (Lipinski definition) is 3. The van der Waals surface area contributed by atoms with Crippen LogP contribution in [0.4, 0.5) is 0 Å². The third-order valence-corrected chi connectivity index (χ3v) is 5.22. The number of ketones is 1. The molecule has 0 saturated carbocycles. The van der Waals surface area contributed by atoms with Crippen molar-refractivity contribution in [3.05, 3.63) is 71.0 Å². The van der Waals surface area contributed by atoms with E-state index in [4.69, 9.17) is 4.74 Å². The summed E-state index contributed by atoms with van der Waals surface area (Å²) >= 11 is 0. The molecule has 1 atom stereocenters. The van der Waals surface area contributed by atoms with Crippen LogP contribution in [0.3, 0.4) is 0 Å². The highest BCUT2D eigenvalue weighted by molar-refractivity contribution is 6.26. The number of carbonyl (C=O) groups excluding carboxylic acids is 2. The second-order valence-corrected chi connectivity index (χ2v) is 6.73. The third kappa shape index (κ3) is 2.18. The number of fused-ring (bicyclic) bond motifs is 6. The molecule has 0 amide bonds. The standard InChI is InChI=1S/C22H16N2O4/c1-28-22(27)14-10-13-11-6-2-4-8-15(11)24-19(13)21(26)20(25)17-12-7-3-5-9-16(12)23-18(14)17/h2-10,20,23-25H,1H3/b14-10+/t20-/m0/s1. The Bertz CT molecular complexity index is 1310. The van der Waals surface area contributed by atoms with Crippen molar-refractivity contribution in [1.29, 1.82) is 0 Å². The predicted octanol–water partition coefficient (Wildman–Crippen LogP) is 3.59. The molecule has 0 spiro atoms. The van der Waals surface area contributed by atoms with E-state index in [0.29, 0.717) is 22.2 Å². The number of methoxy groups -OCH3 is 1. The molecule has 6 heteroatoms. The average molecular weight is 372 g/mol. The molecular formula is C22H16N2O4. The number of benzene rings is 2. The van der Waals surface area contributed by atoms with Gasteiger partial charge in [-0.3, -0.25) is 4.79 Å². The monoisotopic (exact) mass is 372 g/mol. The van der Waals surface area contributed by atoms with Gasteiger partial charge < -0.3 is 19.8 Å². The van der Waals surface area contributed by atoms with Crippen molar-refractivity contribution in [3.8, 4) is 0 Å². The fourth-order valence-electron chi connectivity index (χ4n) is 3.92. The van der Waals surface area contributed by atoms with Crippen LogP contribution in [0.15, 0.2) is 48.5 Å². The lowest BCUT2D eigenvalue weighted by Crippen LogP contribution is -2.18. The van der Waals surface area contributed by atoms with Crippen molar-refractivity contribution in [2.45, 2.75) is 6.10 Å². The number of aromatic amines is 2. The third-order valence-electron chi connectivity index (χ3n) is 5.22.